The molecule has 2 saturated heterocycles. The van der Waals surface area contributed by atoms with Gasteiger partial charge in [-0.2, -0.15) is 0 Å². The molecule has 138 valence electrons. The van der Waals surface area contributed by atoms with E-state index in [-0.39, 0.29) is 6.10 Å². The Morgan fingerprint density at radius 2 is 1.65 bits per heavy atom. The summed E-state index contributed by atoms with van der Waals surface area (Å²) >= 11 is 6.00. The van der Waals surface area contributed by atoms with E-state index in [1.54, 1.807) is 0 Å². The fraction of sp³-hybridized carbons (Fsp3) is 0.455. The standard InChI is InChI=1S/C22H27ClN2O/c23-19-9-11-20(12-10-19)26-22-17-25(15-18-7-3-1-4-8-18)21(22)16-24-13-5-2-6-14-24/h1,3-4,7-12,21-22H,2,5-6,13-17H2/t21-,22-/m1/s1. The third-order valence-electron chi connectivity index (χ3n) is 5.54. The maximum atomic E-state index is 6.30. The Hall–Kier alpha value is -1.55. The third kappa shape index (κ3) is 4.40. The summed E-state index contributed by atoms with van der Waals surface area (Å²) < 4.78 is 6.30. The van der Waals surface area contributed by atoms with E-state index in [4.69, 9.17) is 16.3 Å². The zero-order valence-electron chi connectivity index (χ0n) is 15.2. The van der Waals surface area contributed by atoms with Crippen LogP contribution < -0.4 is 4.74 Å². The van der Waals surface area contributed by atoms with Crippen LogP contribution in [-0.2, 0) is 6.54 Å². The second kappa shape index (κ2) is 8.43. The van der Waals surface area contributed by atoms with Gasteiger partial charge in [-0.05, 0) is 55.8 Å². The van der Waals surface area contributed by atoms with Crippen LogP contribution in [0.15, 0.2) is 54.6 Å². The van der Waals surface area contributed by atoms with Gasteiger partial charge in [0.25, 0.3) is 0 Å². The molecule has 2 heterocycles. The van der Waals surface area contributed by atoms with Crippen molar-refractivity contribution in [2.75, 3.05) is 26.2 Å². The third-order valence-corrected chi connectivity index (χ3v) is 5.79. The highest BCUT2D eigenvalue weighted by Crippen LogP contribution is 2.28. The van der Waals surface area contributed by atoms with Crippen LogP contribution >= 0.6 is 11.6 Å². The first-order valence-corrected chi connectivity index (χ1v) is 10.1. The SMILES string of the molecule is Clc1ccc(O[C@@H]2CN(Cc3ccccc3)[C@@H]2CN2CCCCC2)cc1. The predicted octanol–water partition coefficient (Wildman–Crippen LogP) is 4.46. The van der Waals surface area contributed by atoms with Crippen molar-refractivity contribution < 1.29 is 4.74 Å². The van der Waals surface area contributed by atoms with E-state index in [9.17, 15) is 0 Å². The molecule has 0 bridgehead atoms. The van der Waals surface area contributed by atoms with Gasteiger partial charge in [-0.15, -0.1) is 0 Å². The monoisotopic (exact) mass is 370 g/mol. The molecule has 2 fully saturated rings. The molecular weight excluding hydrogens is 344 g/mol. The maximum absolute atomic E-state index is 6.30. The molecule has 2 aromatic carbocycles. The maximum Gasteiger partial charge on any atom is 0.128 e. The first kappa shape index (κ1) is 17.8. The Morgan fingerprint density at radius 3 is 2.38 bits per heavy atom. The smallest absolute Gasteiger partial charge is 0.128 e. The molecule has 2 aliphatic rings. The molecule has 3 nitrogen and oxygen atoms in total. The molecular formula is C22H27ClN2O. The molecule has 2 aromatic rings. The van der Waals surface area contributed by atoms with Crippen molar-refractivity contribution in [1.82, 2.24) is 9.80 Å². The molecule has 0 radical (unpaired) electrons. The number of hydrogen-bond donors (Lipinski definition) is 0. The van der Waals surface area contributed by atoms with Crippen LogP contribution in [0.5, 0.6) is 5.75 Å². The zero-order valence-corrected chi connectivity index (χ0v) is 15.9. The second-order valence-electron chi connectivity index (χ2n) is 7.45. The van der Waals surface area contributed by atoms with Crippen LogP contribution in [0.3, 0.4) is 0 Å². The van der Waals surface area contributed by atoms with E-state index < -0.39 is 0 Å². The van der Waals surface area contributed by atoms with Gasteiger partial charge in [-0.3, -0.25) is 4.90 Å². The molecule has 0 N–H and O–H groups in total. The lowest BCUT2D eigenvalue weighted by atomic mass is 9.96. The number of piperidine rings is 1. The Morgan fingerprint density at radius 1 is 0.923 bits per heavy atom. The van der Waals surface area contributed by atoms with Gasteiger partial charge in [-0.25, -0.2) is 0 Å². The largest absolute Gasteiger partial charge is 0.487 e. The Labute approximate surface area is 161 Å². The van der Waals surface area contributed by atoms with Crippen LogP contribution in [0.2, 0.25) is 5.02 Å². The van der Waals surface area contributed by atoms with Gasteiger partial charge >= 0.3 is 0 Å². The predicted molar refractivity (Wildman–Crippen MR) is 107 cm³/mol. The van der Waals surface area contributed by atoms with E-state index in [0.29, 0.717) is 6.04 Å². The number of rotatable bonds is 6. The Bertz CT molecular complexity index is 685. The van der Waals surface area contributed by atoms with E-state index >= 15 is 0 Å². The second-order valence-corrected chi connectivity index (χ2v) is 7.89. The van der Waals surface area contributed by atoms with Gasteiger partial charge in [-0.1, -0.05) is 48.4 Å². The quantitative estimate of drug-likeness (QED) is 0.746. The molecule has 0 aromatic heterocycles. The van der Waals surface area contributed by atoms with E-state index in [0.717, 1.165) is 30.4 Å². The Kier molecular flexibility index (Phi) is 5.78. The van der Waals surface area contributed by atoms with Gasteiger partial charge in [0.15, 0.2) is 0 Å². The van der Waals surface area contributed by atoms with E-state index in [2.05, 4.69) is 40.1 Å². The van der Waals surface area contributed by atoms with Crippen LogP contribution in [0.25, 0.3) is 0 Å². The average Bonchev–Trinajstić information content (AvgIpc) is 2.68. The number of hydrogen-bond acceptors (Lipinski definition) is 3. The molecule has 2 aliphatic heterocycles. The first-order chi connectivity index (χ1) is 12.8. The molecule has 4 heteroatoms. The van der Waals surface area contributed by atoms with Gasteiger partial charge in [0.2, 0.25) is 0 Å². The van der Waals surface area contributed by atoms with Gasteiger partial charge < -0.3 is 9.64 Å². The van der Waals surface area contributed by atoms with Gasteiger partial charge in [0.1, 0.15) is 11.9 Å². The van der Waals surface area contributed by atoms with Crippen LogP contribution in [0.4, 0.5) is 0 Å². The number of halogens is 1. The van der Waals surface area contributed by atoms with Crippen molar-refractivity contribution in [3.8, 4) is 5.75 Å². The van der Waals surface area contributed by atoms with Crippen LogP contribution in [0.1, 0.15) is 24.8 Å². The van der Waals surface area contributed by atoms with E-state index in [1.165, 1.54) is 37.9 Å². The average molecular weight is 371 g/mol. The lowest BCUT2D eigenvalue weighted by molar-refractivity contribution is -0.0659. The minimum absolute atomic E-state index is 0.252. The van der Waals surface area contributed by atoms with E-state index in [1.807, 2.05) is 24.3 Å². The summed E-state index contributed by atoms with van der Waals surface area (Å²) in [5, 5.41) is 0.751. The minimum Gasteiger partial charge on any atom is -0.487 e. The summed E-state index contributed by atoms with van der Waals surface area (Å²) in [4.78, 5) is 5.17. The molecule has 0 aliphatic carbocycles. The molecule has 4 rings (SSSR count). The van der Waals surface area contributed by atoms with Gasteiger partial charge in [0, 0.05) is 24.7 Å². The summed E-state index contributed by atoms with van der Waals surface area (Å²) in [5.41, 5.74) is 1.38. The summed E-state index contributed by atoms with van der Waals surface area (Å²) in [7, 11) is 0. The van der Waals surface area contributed by atoms with Crippen LogP contribution in [-0.4, -0.2) is 48.1 Å². The van der Waals surface area contributed by atoms with Crippen molar-refractivity contribution in [3.63, 3.8) is 0 Å². The number of likely N-dealkylation sites (tertiary alicyclic amines) is 2. The highest BCUT2D eigenvalue weighted by atomic mass is 35.5. The highest BCUT2D eigenvalue weighted by molar-refractivity contribution is 6.30. The molecule has 0 amide bonds. The summed E-state index contributed by atoms with van der Waals surface area (Å²) in [6, 6.07) is 18.9. The fourth-order valence-corrected chi connectivity index (χ4v) is 4.15. The lowest BCUT2D eigenvalue weighted by Crippen LogP contribution is -2.65. The summed E-state index contributed by atoms with van der Waals surface area (Å²) in [6.07, 6.45) is 4.28. The molecule has 0 spiro atoms. The van der Waals surface area contributed by atoms with Crippen molar-refractivity contribution in [2.24, 2.45) is 0 Å². The molecule has 0 unspecified atom stereocenters. The number of ether oxygens (including phenoxy) is 1. The number of nitrogens with zero attached hydrogens (tertiary/aromatic N) is 2. The molecule has 26 heavy (non-hydrogen) atoms. The highest BCUT2D eigenvalue weighted by Gasteiger charge is 2.41. The Balaban J connectivity index is 1.42. The minimum atomic E-state index is 0.252. The van der Waals surface area contributed by atoms with Crippen molar-refractivity contribution in [2.45, 2.75) is 38.0 Å². The van der Waals surface area contributed by atoms with Crippen molar-refractivity contribution in [1.29, 1.82) is 0 Å². The van der Waals surface area contributed by atoms with Crippen LogP contribution in [0, 0.1) is 0 Å². The lowest BCUT2D eigenvalue weighted by Gasteiger charge is -2.49. The molecule has 2 atom stereocenters. The fourth-order valence-electron chi connectivity index (χ4n) is 4.03. The van der Waals surface area contributed by atoms with Crippen molar-refractivity contribution >= 4 is 11.6 Å². The zero-order chi connectivity index (χ0) is 17.8. The molecule has 0 saturated carbocycles. The summed E-state index contributed by atoms with van der Waals surface area (Å²) in [5.74, 6) is 0.919. The van der Waals surface area contributed by atoms with Gasteiger partial charge in [0.05, 0.1) is 6.04 Å². The normalized spacial score (nSPS) is 24.2. The summed E-state index contributed by atoms with van der Waals surface area (Å²) in [6.45, 7) is 5.54. The number of benzene rings is 2. The first-order valence-electron chi connectivity index (χ1n) is 9.70. The topological polar surface area (TPSA) is 15.7 Å². The van der Waals surface area contributed by atoms with Crippen molar-refractivity contribution in [3.05, 3.63) is 65.2 Å².